The van der Waals surface area contributed by atoms with E-state index in [0.717, 1.165) is 25.7 Å². The van der Waals surface area contributed by atoms with Gasteiger partial charge in [-0.25, -0.2) is 9.59 Å². The Kier molecular flexibility index (Phi) is 7.81. The highest BCUT2D eigenvalue weighted by atomic mass is 16.5. The van der Waals surface area contributed by atoms with Crippen LogP contribution in [-0.4, -0.2) is 30.3 Å². The minimum Gasteiger partial charge on any atom is -0.493 e. The maximum atomic E-state index is 11.7. The van der Waals surface area contributed by atoms with Crippen molar-refractivity contribution in [1.82, 2.24) is 5.32 Å². The highest BCUT2D eigenvalue weighted by molar-refractivity contribution is 5.95. The van der Waals surface area contributed by atoms with Crippen LogP contribution in [0.5, 0.6) is 5.75 Å². The monoisotopic (exact) mass is 308 g/mol. The third kappa shape index (κ3) is 6.03. The smallest absolute Gasteiger partial charge is 0.339 e. The van der Waals surface area contributed by atoms with Crippen LogP contribution in [-0.2, 0) is 0 Å². The second-order valence-electron chi connectivity index (χ2n) is 4.95. The fourth-order valence-electron chi connectivity index (χ4n) is 1.78. The van der Waals surface area contributed by atoms with Gasteiger partial charge in [0.05, 0.1) is 6.61 Å². The highest BCUT2D eigenvalue weighted by Gasteiger charge is 2.13. The number of benzene rings is 1. The third-order valence-corrected chi connectivity index (χ3v) is 3.04. The Bertz CT molecular complexity index is 503. The van der Waals surface area contributed by atoms with Crippen LogP contribution in [0.1, 0.15) is 49.9 Å². The van der Waals surface area contributed by atoms with Crippen molar-refractivity contribution in [3.63, 3.8) is 0 Å². The Morgan fingerprint density at radius 1 is 1.18 bits per heavy atom. The van der Waals surface area contributed by atoms with Crippen LogP contribution in [0.3, 0.4) is 0 Å². The van der Waals surface area contributed by atoms with E-state index in [9.17, 15) is 14.7 Å². The second-order valence-corrected chi connectivity index (χ2v) is 4.95. The molecule has 1 aromatic carbocycles. The normalized spacial score (nSPS) is 10.1. The minimum absolute atomic E-state index is 0.0439. The van der Waals surface area contributed by atoms with Crippen molar-refractivity contribution in [2.45, 2.75) is 39.5 Å². The highest BCUT2D eigenvalue weighted by Crippen LogP contribution is 2.23. The molecular formula is C16H24N2O4. The topological polar surface area (TPSA) is 87.7 Å². The van der Waals surface area contributed by atoms with Crippen molar-refractivity contribution in [2.24, 2.45) is 0 Å². The van der Waals surface area contributed by atoms with Gasteiger partial charge in [0, 0.05) is 12.2 Å². The number of carboxylic acids is 1. The van der Waals surface area contributed by atoms with Crippen LogP contribution in [0.25, 0.3) is 0 Å². The molecule has 6 nitrogen and oxygen atoms in total. The number of nitrogens with one attached hydrogen (secondary N) is 2. The van der Waals surface area contributed by atoms with Crippen molar-refractivity contribution in [1.29, 1.82) is 0 Å². The van der Waals surface area contributed by atoms with E-state index in [1.807, 2.05) is 13.8 Å². The molecule has 0 aliphatic heterocycles. The number of unbranched alkanes of at least 4 members (excludes halogenated alkanes) is 2. The Balaban J connectivity index is 2.71. The molecule has 0 aromatic heterocycles. The first-order valence-electron chi connectivity index (χ1n) is 7.63. The SMILES string of the molecule is CCCCNC(=O)Nc1ccc(OCCCC)c(C(=O)O)c1. The number of ether oxygens (including phenoxy) is 1. The van der Waals surface area contributed by atoms with Crippen LogP contribution in [0.15, 0.2) is 18.2 Å². The van der Waals surface area contributed by atoms with E-state index in [-0.39, 0.29) is 11.6 Å². The second kappa shape index (κ2) is 9.65. The van der Waals surface area contributed by atoms with E-state index in [2.05, 4.69) is 10.6 Å². The van der Waals surface area contributed by atoms with Gasteiger partial charge in [-0.3, -0.25) is 0 Å². The van der Waals surface area contributed by atoms with E-state index in [1.54, 1.807) is 12.1 Å². The molecule has 22 heavy (non-hydrogen) atoms. The molecule has 0 unspecified atom stereocenters. The van der Waals surface area contributed by atoms with Crippen molar-refractivity contribution in [3.8, 4) is 5.75 Å². The van der Waals surface area contributed by atoms with Gasteiger partial charge in [-0.15, -0.1) is 0 Å². The molecule has 0 heterocycles. The molecule has 0 saturated carbocycles. The Morgan fingerprint density at radius 2 is 1.91 bits per heavy atom. The summed E-state index contributed by atoms with van der Waals surface area (Å²) in [6.45, 7) is 5.13. The Labute approximate surface area is 130 Å². The number of rotatable bonds is 9. The molecule has 0 fully saturated rings. The van der Waals surface area contributed by atoms with E-state index in [4.69, 9.17) is 4.74 Å². The quantitative estimate of drug-likeness (QED) is 0.609. The molecular weight excluding hydrogens is 284 g/mol. The molecule has 0 saturated heterocycles. The molecule has 0 spiro atoms. The molecule has 0 aliphatic carbocycles. The Hall–Kier alpha value is -2.24. The van der Waals surface area contributed by atoms with Gasteiger partial charge in [0.15, 0.2) is 0 Å². The summed E-state index contributed by atoms with van der Waals surface area (Å²) in [5, 5.41) is 14.6. The summed E-state index contributed by atoms with van der Waals surface area (Å²) < 4.78 is 5.47. The third-order valence-electron chi connectivity index (χ3n) is 3.04. The number of hydrogen-bond acceptors (Lipinski definition) is 3. The molecule has 0 aliphatic rings. The van der Waals surface area contributed by atoms with Crippen LogP contribution < -0.4 is 15.4 Å². The van der Waals surface area contributed by atoms with Crippen LogP contribution >= 0.6 is 0 Å². The number of anilines is 1. The van der Waals surface area contributed by atoms with Gasteiger partial charge in [-0.1, -0.05) is 26.7 Å². The summed E-state index contributed by atoms with van der Waals surface area (Å²) in [5.74, 6) is -0.764. The lowest BCUT2D eigenvalue weighted by Gasteiger charge is -2.12. The van der Waals surface area contributed by atoms with Crippen molar-refractivity contribution >= 4 is 17.7 Å². The molecule has 3 N–H and O–H groups in total. The molecule has 1 aromatic rings. The van der Waals surface area contributed by atoms with Gasteiger partial charge in [0.25, 0.3) is 0 Å². The summed E-state index contributed by atoms with van der Waals surface area (Å²) in [6, 6.07) is 4.26. The zero-order chi connectivity index (χ0) is 16.4. The van der Waals surface area contributed by atoms with E-state index in [1.165, 1.54) is 6.07 Å². The predicted octanol–water partition coefficient (Wildman–Crippen LogP) is 3.49. The number of amides is 2. The molecule has 0 atom stereocenters. The summed E-state index contributed by atoms with van der Waals surface area (Å²) >= 11 is 0. The largest absolute Gasteiger partial charge is 0.493 e. The summed E-state index contributed by atoms with van der Waals surface area (Å²) in [4.78, 5) is 23.0. The van der Waals surface area contributed by atoms with Crippen molar-refractivity contribution in [3.05, 3.63) is 23.8 Å². The van der Waals surface area contributed by atoms with Gasteiger partial charge < -0.3 is 20.5 Å². The van der Waals surface area contributed by atoms with Crippen molar-refractivity contribution in [2.75, 3.05) is 18.5 Å². The van der Waals surface area contributed by atoms with Crippen LogP contribution in [0, 0.1) is 0 Å². The van der Waals surface area contributed by atoms with Crippen LogP contribution in [0.4, 0.5) is 10.5 Å². The predicted molar refractivity (Wildman–Crippen MR) is 85.7 cm³/mol. The average molecular weight is 308 g/mol. The molecule has 0 bridgehead atoms. The van der Waals surface area contributed by atoms with E-state index in [0.29, 0.717) is 24.6 Å². The van der Waals surface area contributed by atoms with Gasteiger partial charge >= 0.3 is 12.0 Å². The number of aromatic carboxylic acids is 1. The zero-order valence-electron chi connectivity index (χ0n) is 13.1. The first-order valence-corrected chi connectivity index (χ1v) is 7.63. The lowest BCUT2D eigenvalue weighted by atomic mass is 10.1. The van der Waals surface area contributed by atoms with Crippen LogP contribution in [0.2, 0.25) is 0 Å². The molecule has 0 radical (unpaired) electrons. The number of urea groups is 1. The minimum atomic E-state index is -1.08. The maximum Gasteiger partial charge on any atom is 0.339 e. The van der Waals surface area contributed by atoms with Crippen molar-refractivity contribution < 1.29 is 19.4 Å². The van der Waals surface area contributed by atoms with E-state index >= 15 is 0 Å². The fraction of sp³-hybridized carbons (Fsp3) is 0.500. The number of carboxylic acid groups (broad SMARTS) is 1. The van der Waals surface area contributed by atoms with Gasteiger partial charge in [-0.05, 0) is 31.0 Å². The molecule has 6 heteroatoms. The van der Waals surface area contributed by atoms with Gasteiger partial charge in [0.2, 0.25) is 0 Å². The molecule has 122 valence electrons. The average Bonchev–Trinajstić information content (AvgIpc) is 2.49. The standard InChI is InChI=1S/C16H24N2O4/c1-3-5-9-17-16(21)18-12-7-8-14(22-10-6-4-2)13(11-12)15(19)20/h7-8,11H,3-6,9-10H2,1-2H3,(H,19,20)(H2,17,18,21). The first-order chi connectivity index (χ1) is 10.6. The van der Waals surface area contributed by atoms with Gasteiger partial charge in [-0.2, -0.15) is 0 Å². The molecule has 2 amide bonds. The first kappa shape index (κ1) is 17.8. The zero-order valence-corrected chi connectivity index (χ0v) is 13.1. The fourth-order valence-corrected chi connectivity index (χ4v) is 1.78. The lowest BCUT2D eigenvalue weighted by Crippen LogP contribution is -2.29. The van der Waals surface area contributed by atoms with Gasteiger partial charge in [0.1, 0.15) is 11.3 Å². The summed E-state index contributed by atoms with van der Waals surface area (Å²) in [6.07, 6.45) is 3.73. The lowest BCUT2D eigenvalue weighted by molar-refractivity contribution is 0.0692. The maximum absolute atomic E-state index is 11.7. The number of carbonyl (C=O) groups is 2. The van der Waals surface area contributed by atoms with E-state index < -0.39 is 5.97 Å². The summed E-state index contributed by atoms with van der Waals surface area (Å²) in [5.41, 5.74) is 0.469. The molecule has 1 rings (SSSR count). The summed E-state index contributed by atoms with van der Waals surface area (Å²) in [7, 11) is 0. The Morgan fingerprint density at radius 3 is 2.55 bits per heavy atom. The number of carbonyl (C=O) groups excluding carboxylic acids is 1. The number of hydrogen-bond donors (Lipinski definition) is 3.